The molecule has 0 aromatic heterocycles. The Morgan fingerprint density at radius 2 is 2.50 bits per heavy atom. The Bertz CT molecular complexity index is 55.3. The number of hydrogen-bond acceptors (Lipinski definition) is 3. The van der Waals surface area contributed by atoms with Crippen LogP contribution in [0.3, 0.4) is 0 Å². The second-order valence-electron chi connectivity index (χ2n) is 1.59. The second kappa shape index (κ2) is 5.47. The van der Waals surface area contributed by atoms with Gasteiger partial charge in [0.15, 0.2) is 0 Å². The Labute approximate surface area is 55.1 Å². The van der Waals surface area contributed by atoms with Crippen LogP contribution in [0.15, 0.2) is 0 Å². The standard InChI is InChI=1S/C4H11BNOS/c1-8-3-2-4(6)5-7/h4,7H,2-3,6H2,1H3. The molecule has 1 unspecified atom stereocenters. The lowest BCUT2D eigenvalue weighted by Crippen LogP contribution is -2.27. The topological polar surface area (TPSA) is 46.2 Å². The van der Waals surface area contributed by atoms with E-state index in [9.17, 15) is 0 Å². The molecule has 0 amide bonds. The highest BCUT2D eigenvalue weighted by atomic mass is 32.2. The van der Waals surface area contributed by atoms with Gasteiger partial charge in [-0.25, -0.2) is 0 Å². The van der Waals surface area contributed by atoms with Gasteiger partial charge in [-0.1, -0.05) is 0 Å². The summed E-state index contributed by atoms with van der Waals surface area (Å²) in [6.07, 6.45) is 2.88. The number of rotatable bonds is 4. The second-order valence-corrected chi connectivity index (χ2v) is 2.58. The van der Waals surface area contributed by atoms with E-state index < -0.39 is 0 Å². The highest BCUT2D eigenvalue weighted by Gasteiger charge is 1.99. The van der Waals surface area contributed by atoms with Gasteiger partial charge >= 0.3 is 7.48 Å². The Morgan fingerprint density at radius 3 is 2.88 bits per heavy atom. The number of thioether (sulfide) groups is 1. The van der Waals surface area contributed by atoms with Crippen molar-refractivity contribution in [3.8, 4) is 0 Å². The van der Waals surface area contributed by atoms with E-state index in [1.807, 2.05) is 6.26 Å². The van der Waals surface area contributed by atoms with Crippen molar-refractivity contribution in [2.24, 2.45) is 5.73 Å². The van der Waals surface area contributed by atoms with E-state index in [2.05, 4.69) is 0 Å². The molecule has 0 aromatic rings. The summed E-state index contributed by atoms with van der Waals surface area (Å²) in [4.78, 5) is 0. The lowest BCUT2D eigenvalue weighted by Gasteiger charge is -2.02. The summed E-state index contributed by atoms with van der Waals surface area (Å²) in [5.74, 6) is 0.876. The van der Waals surface area contributed by atoms with E-state index in [0.29, 0.717) is 0 Å². The third-order valence-corrected chi connectivity index (χ3v) is 1.49. The smallest absolute Gasteiger partial charge is 0.305 e. The molecule has 0 aromatic carbocycles. The molecule has 0 bridgehead atoms. The number of hydrogen-bond donors (Lipinski definition) is 2. The van der Waals surface area contributed by atoms with E-state index in [4.69, 9.17) is 10.8 Å². The van der Waals surface area contributed by atoms with E-state index in [0.717, 1.165) is 19.7 Å². The van der Waals surface area contributed by atoms with Crippen molar-refractivity contribution < 1.29 is 5.02 Å². The molecule has 8 heavy (non-hydrogen) atoms. The zero-order valence-electron chi connectivity index (χ0n) is 5.00. The van der Waals surface area contributed by atoms with Gasteiger partial charge in [-0.15, -0.1) is 0 Å². The van der Waals surface area contributed by atoms with Crippen LogP contribution in [-0.4, -0.2) is 30.5 Å². The van der Waals surface area contributed by atoms with Crippen LogP contribution in [0.25, 0.3) is 0 Å². The Balaban J connectivity index is 2.86. The molecule has 2 nitrogen and oxygen atoms in total. The van der Waals surface area contributed by atoms with Gasteiger partial charge < -0.3 is 10.8 Å². The van der Waals surface area contributed by atoms with Gasteiger partial charge in [0.1, 0.15) is 0 Å². The lowest BCUT2D eigenvalue weighted by atomic mass is 9.88. The summed E-state index contributed by atoms with van der Waals surface area (Å²) < 4.78 is 0. The Morgan fingerprint density at radius 1 is 1.88 bits per heavy atom. The fourth-order valence-electron chi connectivity index (χ4n) is 0.328. The van der Waals surface area contributed by atoms with Gasteiger partial charge in [-0.05, 0) is 18.4 Å². The fourth-order valence-corrected chi connectivity index (χ4v) is 0.836. The third-order valence-electron chi connectivity index (χ3n) is 0.847. The van der Waals surface area contributed by atoms with Gasteiger partial charge in [0.2, 0.25) is 0 Å². The van der Waals surface area contributed by atoms with Crippen molar-refractivity contribution in [1.29, 1.82) is 0 Å². The minimum absolute atomic E-state index is 0.137. The van der Waals surface area contributed by atoms with Crippen LogP contribution in [0.1, 0.15) is 6.42 Å². The maximum absolute atomic E-state index is 8.30. The molecule has 0 heterocycles. The quantitative estimate of drug-likeness (QED) is 0.513. The minimum atomic E-state index is -0.137. The molecular formula is C4H11BNOS. The van der Waals surface area contributed by atoms with Crippen molar-refractivity contribution in [3.63, 3.8) is 0 Å². The summed E-state index contributed by atoms with van der Waals surface area (Å²) in [6, 6.07) is 0. The predicted molar refractivity (Wildman–Crippen MR) is 38.9 cm³/mol. The highest BCUT2D eigenvalue weighted by molar-refractivity contribution is 7.98. The molecule has 0 spiro atoms. The predicted octanol–water partition coefficient (Wildman–Crippen LogP) is -0.364. The average molecular weight is 132 g/mol. The van der Waals surface area contributed by atoms with Crippen LogP contribution in [0.2, 0.25) is 0 Å². The molecule has 0 fully saturated rings. The fraction of sp³-hybridized carbons (Fsp3) is 1.00. The normalized spacial score (nSPS) is 13.4. The summed E-state index contributed by atoms with van der Waals surface area (Å²) in [5, 5.41) is 8.30. The summed E-state index contributed by atoms with van der Waals surface area (Å²) >= 11 is 1.73. The van der Waals surface area contributed by atoms with Gasteiger partial charge in [0.25, 0.3) is 0 Å². The van der Waals surface area contributed by atoms with Crippen molar-refractivity contribution in [1.82, 2.24) is 0 Å². The van der Waals surface area contributed by atoms with Crippen molar-refractivity contribution in [2.75, 3.05) is 12.0 Å². The summed E-state index contributed by atoms with van der Waals surface area (Å²) in [7, 11) is 1.04. The average Bonchev–Trinajstić information content (AvgIpc) is 1.83. The first-order valence-electron chi connectivity index (χ1n) is 2.53. The van der Waals surface area contributed by atoms with Crippen LogP contribution in [0, 0.1) is 0 Å². The molecule has 0 aliphatic rings. The molecule has 0 saturated heterocycles. The maximum Gasteiger partial charge on any atom is 0.305 e. The Kier molecular flexibility index (Phi) is 5.70. The van der Waals surface area contributed by atoms with Gasteiger partial charge in [-0.2, -0.15) is 11.8 Å². The molecule has 0 aliphatic carbocycles. The molecule has 47 valence electrons. The van der Waals surface area contributed by atoms with Crippen LogP contribution in [0.5, 0.6) is 0 Å². The first-order valence-corrected chi connectivity index (χ1v) is 3.92. The van der Waals surface area contributed by atoms with Crippen LogP contribution in [0.4, 0.5) is 0 Å². The molecular weight excluding hydrogens is 121 g/mol. The summed E-state index contributed by atoms with van der Waals surface area (Å²) in [6.45, 7) is 0. The molecule has 0 aliphatic heterocycles. The molecule has 1 radical (unpaired) electrons. The van der Waals surface area contributed by atoms with E-state index in [1.54, 1.807) is 11.8 Å². The first kappa shape index (κ1) is 8.33. The lowest BCUT2D eigenvalue weighted by molar-refractivity contribution is 0.575. The maximum atomic E-state index is 8.30. The van der Waals surface area contributed by atoms with Crippen molar-refractivity contribution >= 4 is 19.2 Å². The molecule has 0 saturated carbocycles. The zero-order valence-corrected chi connectivity index (χ0v) is 5.82. The Hall–Kier alpha value is 0.335. The molecule has 3 N–H and O–H groups in total. The van der Waals surface area contributed by atoms with Crippen LogP contribution < -0.4 is 5.73 Å². The summed E-state index contributed by atoms with van der Waals surface area (Å²) in [5.41, 5.74) is 5.34. The SMILES string of the molecule is CSCCC(N)[B]O. The number of nitrogens with two attached hydrogens (primary N) is 1. The zero-order chi connectivity index (χ0) is 6.41. The third kappa shape index (κ3) is 4.49. The monoisotopic (exact) mass is 132 g/mol. The minimum Gasteiger partial charge on any atom is -0.453 e. The van der Waals surface area contributed by atoms with Gasteiger partial charge in [0, 0.05) is 5.94 Å². The van der Waals surface area contributed by atoms with Gasteiger partial charge in [-0.3, -0.25) is 0 Å². The van der Waals surface area contributed by atoms with E-state index in [-0.39, 0.29) is 5.94 Å². The van der Waals surface area contributed by atoms with E-state index >= 15 is 0 Å². The first-order chi connectivity index (χ1) is 3.81. The van der Waals surface area contributed by atoms with Crippen LogP contribution >= 0.6 is 11.8 Å². The largest absolute Gasteiger partial charge is 0.453 e. The molecule has 0 rings (SSSR count). The van der Waals surface area contributed by atoms with Crippen molar-refractivity contribution in [2.45, 2.75) is 12.4 Å². The molecule has 4 heteroatoms. The highest BCUT2D eigenvalue weighted by Crippen LogP contribution is 1.96. The van der Waals surface area contributed by atoms with E-state index in [1.165, 1.54) is 0 Å². The van der Waals surface area contributed by atoms with Gasteiger partial charge in [0.05, 0.1) is 0 Å². The molecule has 1 atom stereocenters. The van der Waals surface area contributed by atoms with Crippen molar-refractivity contribution in [3.05, 3.63) is 0 Å². The van der Waals surface area contributed by atoms with Crippen LogP contribution in [-0.2, 0) is 0 Å².